The Morgan fingerprint density at radius 1 is 1.00 bits per heavy atom. The maximum Gasteiger partial charge on any atom is 0.130 e. The zero-order valence-corrected chi connectivity index (χ0v) is 14.2. The second-order valence-corrected chi connectivity index (χ2v) is 4.96. The Morgan fingerprint density at radius 2 is 1.67 bits per heavy atom. The summed E-state index contributed by atoms with van der Waals surface area (Å²) in [4.78, 5) is 0. The molecule has 2 aromatic carbocycles. The van der Waals surface area contributed by atoms with Crippen molar-refractivity contribution in [2.45, 2.75) is 13.8 Å². The van der Waals surface area contributed by atoms with Crippen LogP contribution in [0.25, 0.3) is 11.6 Å². The molecule has 0 amide bonds. The van der Waals surface area contributed by atoms with Crippen LogP contribution < -0.4 is 14.2 Å². The fourth-order valence-electron chi connectivity index (χ4n) is 2.28. The molecule has 24 heavy (non-hydrogen) atoms. The van der Waals surface area contributed by atoms with Crippen molar-refractivity contribution in [1.29, 1.82) is 5.26 Å². The minimum Gasteiger partial charge on any atom is -0.497 e. The van der Waals surface area contributed by atoms with Crippen LogP contribution in [-0.4, -0.2) is 20.3 Å². The van der Waals surface area contributed by atoms with Gasteiger partial charge in [0, 0.05) is 11.6 Å². The third-order valence-corrected chi connectivity index (χ3v) is 3.42. The standard InChI is InChI=1S/C20H21NO3/c1-4-23-19-11-8-16(20(13-19)24-5-2)12-17(14-21)15-6-9-18(22-3)10-7-15/h6-13H,4-5H2,1-3H3/b17-12+. The van der Waals surface area contributed by atoms with Gasteiger partial charge in [0.15, 0.2) is 0 Å². The summed E-state index contributed by atoms with van der Waals surface area (Å²) in [5, 5.41) is 9.51. The first-order valence-electron chi connectivity index (χ1n) is 7.87. The van der Waals surface area contributed by atoms with Crippen LogP contribution in [0.3, 0.4) is 0 Å². The van der Waals surface area contributed by atoms with Crippen molar-refractivity contribution in [1.82, 2.24) is 0 Å². The highest BCUT2D eigenvalue weighted by molar-refractivity contribution is 5.90. The molecule has 0 saturated heterocycles. The second-order valence-electron chi connectivity index (χ2n) is 4.96. The quantitative estimate of drug-likeness (QED) is 0.554. The average molecular weight is 323 g/mol. The summed E-state index contributed by atoms with van der Waals surface area (Å²) in [5.74, 6) is 2.21. The van der Waals surface area contributed by atoms with Gasteiger partial charge in [-0.2, -0.15) is 5.26 Å². The summed E-state index contributed by atoms with van der Waals surface area (Å²) in [6, 6.07) is 15.3. The predicted octanol–water partition coefficient (Wildman–Crippen LogP) is 4.56. The van der Waals surface area contributed by atoms with Crippen LogP contribution in [-0.2, 0) is 0 Å². The van der Waals surface area contributed by atoms with Gasteiger partial charge in [0.05, 0.1) is 32.0 Å². The van der Waals surface area contributed by atoms with Gasteiger partial charge in [-0.1, -0.05) is 0 Å². The number of allylic oxidation sites excluding steroid dienone is 1. The van der Waals surface area contributed by atoms with Crippen LogP contribution in [0.5, 0.6) is 17.2 Å². The van der Waals surface area contributed by atoms with E-state index in [-0.39, 0.29) is 0 Å². The van der Waals surface area contributed by atoms with Gasteiger partial charge in [-0.3, -0.25) is 0 Å². The molecular formula is C20H21NO3. The largest absolute Gasteiger partial charge is 0.497 e. The predicted molar refractivity (Wildman–Crippen MR) is 95.3 cm³/mol. The van der Waals surface area contributed by atoms with E-state index in [0.29, 0.717) is 24.5 Å². The molecule has 0 bridgehead atoms. The fourth-order valence-corrected chi connectivity index (χ4v) is 2.28. The second kappa shape index (κ2) is 8.64. The van der Waals surface area contributed by atoms with E-state index in [2.05, 4.69) is 6.07 Å². The Morgan fingerprint density at radius 3 is 2.25 bits per heavy atom. The Bertz CT molecular complexity index is 742. The minimum absolute atomic E-state index is 0.543. The van der Waals surface area contributed by atoms with E-state index in [1.807, 2.05) is 62.4 Å². The molecule has 0 fully saturated rings. The van der Waals surface area contributed by atoms with Gasteiger partial charge in [-0.05, 0) is 61.9 Å². The SMILES string of the molecule is CCOc1ccc(/C=C(\C#N)c2ccc(OC)cc2)c(OCC)c1. The Kier molecular flexibility index (Phi) is 6.27. The lowest BCUT2D eigenvalue weighted by atomic mass is 10.0. The molecule has 4 nitrogen and oxygen atoms in total. The van der Waals surface area contributed by atoms with Gasteiger partial charge in [0.2, 0.25) is 0 Å². The molecule has 0 spiro atoms. The Hall–Kier alpha value is -2.93. The van der Waals surface area contributed by atoms with E-state index in [1.165, 1.54) is 0 Å². The van der Waals surface area contributed by atoms with Crippen molar-refractivity contribution < 1.29 is 14.2 Å². The molecule has 2 aromatic rings. The van der Waals surface area contributed by atoms with E-state index in [0.717, 1.165) is 22.6 Å². The molecule has 0 saturated carbocycles. The van der Waals surface area contributed by atoms with Gasteiger partial charge in [0.25, 0.3) is 0 Å². The molecule has 4 heteroatoms. The molecule has 0 aliphatic rings. The number of rotatable bonds is 7. The average Bonchev–Trinajstić information content (AvgIpc) is 2.62. The molecule has 0 aliphatic heterocycles. The third-order valence-electron chi connectivity index (χ3n) is 3.42. The van der Waals surface area contributed by atoms with Gasteiger partial charge < -0.3 is 14.2 Å². The maximum absolute atomic E-state index is 9.51. The van der Waals surface area contributed by atoms with E-state index in [4.69, 9.17) is 14.2 Å². The fraction of sp³-hybridized carbons (Fsp3) is 0.250. The summed E-state index contributed by atoms with van der Waals surface area (Å²) in [6.07, 6.45) is 1.82. The van der Waals surface area contributed by atoms with Crippen molar-refractivity contribution in [3.63, 3.8) is 0 Å². The highest BCUT2D eigenvalue weighted by atomic mass is 16.5. The summed E-state index contributed by atoms with van der Waals surface area (Å²) < 4.78 is 16.3. The van der Waals surface area contributed by atoms with E-state index >= 15 is 0 Å². The van der Waals surface area contributed by atoms with Crippen molar-refractivity contribution in [3.8, 4) is 23.3 Å². The smallest absolute Gasteiger partial charge is 0.130 e. The van der Waals surface area contributed by atoms with Gasteiger partial charge in [-0.25, -0.2) is 0 Å². The first-order valence-corrected chi connectivity index (χ1v) is 7.87. The number of benzene rings is 2. The number of nitriles is 1. The first kappa shape index (κ1) is 17.4. The van der Waals surface area contributed by atoms with Crippen molar-refractivity contribution in [2.75, 3.05) is 20.3 Å². The monoisotopic (exact) mass is 323 g/mol. The summed E-state index contributed by atoms with van der Waals surface area (Å²) in [7, 11) is 1.62. The number of hydrogen-bond acceptors (Lipinski definition) is 4. The summed E-state index contributed by atoms with van der Waals surface area (Å²) >= 11 is 0. The highest BCUT2D eigenvalue weighted by Gasteiger charge is 2.07. The molecule has 0 radical (unpaired) electrons. The maximum atomic E-state index is 9.51. The van der Waals surface area contributed by atoms with Gasteiger partial charge >= 0.3 is 0 Å². The molecule has 0 unspecified atom stereocenters. The first-order chi connectivity index (χ1) is 11.7. The highest BCUT2D eigenvalue weighted by Crippen LogP contribution is 2.29. The van der Waals surface area contributed by atoms with E-state index in [9.17, 15) is 5.26 Å². The zero-order chi connectivity index (χ0) is 17.4. The topological polar surface area (TPSA) is 51.5 Å². The summed E-state index contributed by atoms with van der Waals surface area (Å²) in [6.45, 7) is 5.00. The molecule has 2 rings (SSSR count). The number of methoxy groups -OCH3 is 1. The van der Waals surface area contributed by atoms with Crippen LogP contribution in [0.15, 0.2) is 42.5 Å². The van der Waals surface area contributed by atoms with Crippen LogP contribution >= 0.6 is 0 Å². The molecule has 0 heterocycles. The van der Waals surface area contributed by atoms with Crippen LogP contribution in [0.2, 0.25) is 0 Å². The van der Waals surface area contributed by atoms with E-state index < -0.39 is 0 Å². The minimum atomic E-state index is 0.543. The van der Waals surface area contributed by atoms with Gasteiger partial charge in [0.1, 0.15) is 17.2 Å². The lowest BCUT2D eigenvalue weighted by Crippen LogP contribution is -1.97. The number of hydrogen-bond donors (Lipinski definition) is 0. The molecule has 124 valence electrons. The molecule has 0 N–H and O–H groups in total. The number of nitrogens with zero attached hydrogens (tertiary/aromatic N) is 1. The zero-order valence-electron chi connectivity index (χ0n) is 14.2. The van der Waals surface area contributed by atoms with Crippen LogP contribution in [0.1, 0.15) is 25.0 Å². The molecule has 0 aromatic heterocycles. The van der Waals surface area contributed by atoms with Crippen molar-refractivity contribution >= 4 is 11.6 Å². The lowest BCUT2D eigenvalue weighted by Gasteiger charge is -2.11. The lowest BCUT2D eigenvalue weighted by molar-refractivity contribution is 0.322. The Balaban J connectivity index is 2.40. The van der Waals surface area contributed by atoms with Crippen LogP contribution in [0.4, 0.5) is 0 Å². The third kappa shape index (κ3) is 4.30. The van der Waals surface area contributed by atoms with Crippen molar-refractivity contribution in [2.24, 2.45) is 0 Å². The van der Waals surface area contributed by atoms with Crippen LogP contribution in [0, 0.1) is 11.3 Å². The van der Waals surface area contributed by atoms with E-state index in [1.54, 1.807) is 7.11 Å². The van der Waals surface area contributed by atoms with Gasteiger partial charge in [-0.15, -0.1) is 0 Å². The molecular weight excluding hydrogens is 302 g/mol. The number of ether oxygens (including phenoxy) is 3. The molecule has 0 atom stereocenters. The normalized spacial score (nSPS) is 10.8. The molecule has 0 aliphatic carbocycles. The summed E-state index contributed by atoms with van der Waals surface area (Å²) in [5.41, 5.74) is 2.23. The Labute approximate surface area is 142 Å². The van der Waals surface area contributed by atoms with Crippen molar-refractivity contribution in [3.05, 3.63) is 53.6 Å².